The molecule has 0 spiro atoms. The molecule has 0 unspecified atom stereocenters. The fraction of sp³-hybridized carbons (Fsp3) is 0.136. The number of likely N-dealkylation sites (N-methyl/N-ethyl adjacent to an activating group) is 2. The third-order valence-corrected chi connectivity index (χ3v) is 4.43. The van der Waals surface area contributed by atoms with Gasteiger partial charge < -0.3 is 9.80 Å². The summed E-state index contributed by atoms with van der Waals surface area (Å²) in [5.41, 5.74) is 5.45. The Labute approximate surface area is 149 Å². The SMILES string of the molecule is C=C1/C(=C/c2ccccc2)N(C)C(=O)/C(=C/c2ccc(C)cc2)N1C. The van der Waals surface area contributed by atoms with E-state index in [0.29, 0.717) is 5.70 Å². The Bertz CT molecular complexity index is 861. The predicted octanol–water partition coefficient (Wildman–Crippen LogP) is 4.29. The van der Waals surface area contributed by atoms with Gasteiger partial charge in [-0.2, -0.15) is 0 Å². The summed E-state index contributed by atoms with van der Waals surface area (Å²) in [5.74, 6) is -0.0438. The second-order valence-electron chi connectivity index (χ2n) is 6.25. The number of hydrogen-bond acceptors (Lipinski definition) is 2. The molecule has 2 aromatic rings. The summed E-state index contributed by atoms with van der Waals surface area (Å²) >= 11 is 0. The molecule has 2 aromatic carbocycles. The lowest BCUT2D eigenvalue weighted by atomic mass is 10.1. The number of carbonyl (C=O) groups is 1. The third-order valence-electron chi connectivity index (χ3n) is 4.43. The van der Waals surface area contributed by atoms with Crippen LogP contribution < -0.4 is 0 Å². The Morgan fingerprint density at radius 2 is 1.36 bits per heavy atom. The van der Waals surface area contributed by atoms with Crippen molar-refractivity contribution in [3.8, 4) is 0 Å². The molecule has 1 saturated heterocycles. The van der Waals surface area contributed by atoms with Gasteiger partial charge >= 0.3 is 0 Å². The van der Waals surface area contributed by atoms with Gasteiger partial charge in [0.15, 0.2) is 0 Å². The van der Waals surface area contributed by atoms with Gasteiger partial charge in [0, 0.05) is 14.1 Å². The Morgan fingerprint density at radius 1 is 0.800 bits per heavy atom. The molecule has 3 heteroatoms. The lowest BCUT2D eigenvalue weighted by molar-refractivity contribution is -0.126. The highest BCUT2D eigenvalue weighted by atomic mass is 16.2. The van der Waals surface area contributed by atoms with Crippen molar-refractivity contribution in [2.24, 2.45) is 0 Å². The van der Waals surface area contributed by atoms with Gasteiger partial charge in [0.1, 0.15) is 5.70 Å². The van der Waals surface area contributed by atoms with Gasteiger partial charge in [-0.15, -0.1) is 0 Å². The molecular formula is C22H22N2O. The van der Waals surface area contributed by atoms with Gasteiger partial charge in [-0.05, 0) is 30.2 Å². The predicted molar refractivity (Wildman–Crippen MR) is 103 cm³/mol. The zero-order valence-corrected chi connectivity index (χ0v) is 14.9. The van der Waals surface area contributed by atoms with E-state index in [4.69, 9.17) is 0 Å². The largest absolute Gasteiger partial charge is 0.339 e. The van der Waals surface area contributed by atoms with Crippen molar-refractivity contribution >= 4 is 18.1 Å². The molecule has 1 fully saturated rings. The van der Waals surface area contributed by atoms with Gasteiger partial charge in [0.05, 0.1) is 11.4 Å². The highest BCUT2D eigenvalue weighted by Crippen LogP contribution is 2.30. The van der Waals surface area contributed by atoms with Crippen molar-refractivity contribution in [3.05, 3.63) is 95.0 Å². The first-order chi connectivity index (χ1) is 12.0. The van der Waals surface area contributed by atoms with E-state index in [0.717, 1.165) is 22.5 Å². The smallest absolute Gasteiger partial charge is 0.274 e. The summed E-state index contributed by atoms with van der Waals surface area (Å²) in [6, 6.07) is 18.1. The highest BCUT2D eigenvalue weighted by molar-refractivity contribution is 6.01. The van der Waals surface area contributed by atoms with Crippen LogP contribution in [0.2, 0.25) is 0 Å². The van der Waals surface area contributed by atoms with Gasteiger partial charge in [-0.3, -0.25) is 4.79 Å². The third kappa shape index (κ3) is 3.41. The summed E-state index contributed by atoms with van der Waals surface area (Å²) in [7, 11) is 3.67. The molecule has 3 nitrogen and oxygen atoms in total. The molecule has 25 heavy (non-hydrogen) atoms. The van der Waals surface area contributed by atoms with Crippen LogP contribution in [0.5, 0.6) is 0 Å². The average Bonchev–Trinajstić information content (AvgIpc) is 2.63. The lowest BCUT2D eigenvalue weighted by Gasteiger charge is -2.37. The summed E-state index contributed by atoms with van der Waals surface area (Å²) in [4.78, 5) is 16.4. The molecule has 0 radical (unpaired) electrons. The Morgan fingerprint density at radius 3 is 2.00 bits per heavy atom. The van der Waals surface area contributed by atoms with E-state index in [1.165, 1.54) is 5.56 Å². The molecule has 0 saturated carbocycles. The summed E-state index contributed by atoms with van der Waals surface area (Å²) in [6.45, 7) is 6.23. The van der Waals surface area contributed by atoms with Crippen LogP contribution in [0.15, 0.2) is 78.3 Å². The molecule has 0 aliphatic carbocycles. The first-order valence-corrected chi connectivity index (χ1v) is 8.23. The zero-order chi connectivity index (χ0) is 18.0. The molecule has 1 heterocycles. The molecule has 0 atom stereocenters. The molecule has 1 aliphatic rings. The van der Waals surface area contributed by atoms with Gasteiger partial charge in [-0.1, -0.05) is 66.7 Å². The number of benzene rings is 2. The lowest BCUT2D eigenvalue weighted by Crippen LogP contribution is -2.41. The molecule has 0 aromatic heterocycles. The summed E-state index contributed by atoms with van der Waals surface area (Å²) in [6.07, 6.45) is 3.89. The number of piperazine rings is 1. The number of hydrogen-bond donors (Lipinski definition) is 0. The minimum Gasteiger partial charge on any atom is -0.339 e. The first kappa shape index (κ1) is 16.8. The summed E-state index contributed by atoms with van der Waals surface area (Å²) in [5, 5.41) is 0. The van der Waals surface area contributed by atoms with E-state index in [2.05, 4.69) is 6.58 Å². The highest BCUT2D eigenvalue weighted by Gasteiger charge is 2.31. The van der Waals surface area contributed by atoms with E-state index < -0.39 is 0 Å². The Hall–Kier alpha value is -3.07. The topological polar surface area (TPSA) is 23.6 Å². The van der Waals surface area contributed by atoms with Gasteiger partial charge in [0.25, 0.3) is 5.91 Å². The number of amides is 1. The maximum atomic E-state index is 12.9. The van der Waals surface area contributed by atoms with E-state index in [9.17, 15) is 4.79 Å². The number of nitrogens with zero attached hydrogens (tertiary/aromatic N) is 2. The monoisotopic (exact) mass is 330 g/mol. The number of aryl methyl sites for hydroxylation is 1. The van der Waals surface area contributed by atoms with Crippen molar-refractivity contribution in [1.82, 2.24) is 9.80 Å². The minimum atomic E-state index is -0.0438. The van der Waals surface area contributed by atoms with E-state index >= 15 is 0 Å². The van der Waals surface area contributed by atoms with Gasteiger partial charge in [0.2, 0.25) is 0 Å². The van der Waals surface area contributed by atoms with Crippen molar-refractivity contribution in [3.63, 3.8) is 0 Å². The van der Waals surface area contributed by atoms with E-state index in [1.807, 2.05) is 85.6 Å². The molecule has 126 valence electrons. The van der Waals surface area contributed by atoms with Crippen molar-refractivity contribution in [2.45, 2.75) is 6.92 Å². The summed E-state index contributed by atoms with van der Waals surface area (Å²) < 4.78 is 0. The fourth-order valence-corrected chi connectivity index (χ4v) is 2.80. The number of carbonyl (C=O) groups excluding carboxylic acids is 1. The van der Waals surface area contributed by atoms with Crippen LogP contribution in [-0.4, -0.2) is 29.8 Å². The average molecular weight is 330 g/mol. The number of rotatable bonds is 2. The first-order valence-electron chi connectivity index (χ1n) is 8.23. The Balaban J connectivity index is 1.97. The standard InChI is InChI=1S/C22H22N2O/c1-16-10-12-19(13-11-16)15-21-22(25)24(4)20(17(2)23(21)3)14-18-8-6-5-7-9-18/h5-15H,2H2,1,3-4H3/b20-14-,21-15-. The van der Waals surface area contributed by atoms with Crippen molar-refractivity contribution in [2.75, 3.05) is 14.1 Å². The van der Waals surface area contributed by atoms with Crippen LogP contribution in [0, 0.1) is 6.92 Å². The van der Waals surface area contributed by atoms with Crippen molar-refractivity contribution < 1.29 is 4.79 Å². The molecular weight excluding hydrogens is 308 g/mol. The van der Waals surface area contributed by atoms with Crippen LogP contribution in [0.1, 0.15) is 16.7 Å². The fourth-order valence-electron chi connectivity index (χ4n) is 2.80. The minimum absolute atomic E-state index is 0.0438. The molecule has 1 aliphatic heterocycles. The second-order valence-corrected chi connectivity index (χ2v) is 6.25. The maximum absolute atomic E-state index is 12.9. The van der Waals surface area contributed by atoms with Crippen LogP contribution in [0.25, 0.3) is 12.2 Å². The molecule has 1 amide bonds. The Kier molecular flexibility index (Phi) is 4.57. The van der Waals surface area contributed by atoms with Crippen LogP contribution in [0.4, 0.5) is 0 Å². The van der Waals surface area contributed by atoms with E-state index in [-0.39, 0.29) is 5.91 Å². The van der Waals surface area contributed by atoms with Crippen LogP contribution >= 0.6 is 0 Å². The maximum Gasteiger partial charge on any atom is 0.274 e. The van der Waals surface area contributed by atoms with Gasteiger partial charge in [-0.25, -0.2) is 0 Å². The quantitative estimate of drug-likeness (QED) is 0.767. The van der Waals surface area contributed by atoms with E-state index in [1.54, 1.807) is 11.9 Å². The van der Waals surface area contributed by atoms with Crippen LogP contribution in [-0.2, 0) is 4.79 Å². The second kappa shape index (κ2) is 6.81. The van der Waals surface area contributed by atoms with Crippen LogP contribution in [0.3, 0.4) is 0 Å². The normalized spacial score (nSPS) is 18.4. The molecule has 0 N–H and O–H groups in total. The van der Waals surface area contributed by atoms with Crippen molar-refractivity contribution in [1.29, 1.82) is 0 Å². The zero-order valence-electron chi connectivity index (χ0n) is 14.9. The molecule has 3 rings (SSSR count). The molecule has 0 bridgehead atoms.